The molecule has 0 bridgehead atoms. The summed E-state index contributed by atoms with van der Waals surface area (Å²) in [6.45, 7) is 8.02. The van der Waals surface area contributed by atoms with Crippen molar-refractivity contribution >= 4 is 35.8 Å². The van der Waals surface area contributed by atoms with Crippen molar-refractivity contribution in [2.24, 2.45) is 0 Å². The van der Waals surface area contributed by atoms with E-state index in [9.17, 15) is 4.79 Å². The Bertz CT molecular complexity index is 503. The van der Waals surface area contributed by atoms with Crippen LogP contribution in [0.3, 0.4) is 0 Å². The second kappa shape index (κ2) is 5.39. The standard InChI is InChI=1S/C14H19BClNO3/c1-13(2)14(3,4)20-15(19-13)10-6-5-7-11(8-10)17-12(18)9-16/h5-8H,9H2,1-4H3,(H,17,18). The second-order valence-corrected chi connectivity index (χ2v) is 6.16. The topological polar surface area (TPSA) is 47.6 Å². The highest BCUT2D eigenvalue weighted by atomic mass is 35.5. The average Bonchev–Trinajstić information content (AvgIpc) is 2.59. The fourth-order valence-electron chi connectivity index (χ4n) is 1.94. The lowest BCUT2D eigenvalue weighted by molar-refractivity contribution is -0.113. The van der Waals surface area contributed by atoms with Gasteiger partial charge in [-0.2, -0.15) is 0 Å². The quantitative estimate of drug-likeness (QED) is 0.687. The zero-order valence-corrected chi connectivity index (χ0v) is 13.0. The molecule has 1 heterocycles. The molecule has 0 aromatic heterocycles. The maximum Gasteiger partial charge on any atom is 0.494 e. The van der Waals surface area contributed by atoms with Gasteiger partial charge in [-0.15, -0.1) is 11.6 Å². The van der Waals surface area contributed by atoms with E-state index in [0.29, 0.717) is 5.69 Å². The number of halogens is 1. The van der Waals surface area contributed by atoms with Crippen LogP contribution in [0.25, 0.3) is 0 Å². The summed E-state index contributed by atoms with van der Waals surface area (Å²) < 4.78 is 12.0. The summed E-state index contributed by atoms with van der Waals surface area (Å²) >= 11 is 5.48. The lowest BCUT2D eigenvalue weighted by Crippen LogP contribution is -2.41. The molecule has 1 fully saturated rings. The third-order valence-electron chi connectivity index (χ3n) is 3.82. The highest BCUT2D eigenvalue weighted by Gasteiger charge is 2.51. The van der Waals surface area contributed by atoms with Crippen LogP contribution in [0.4, 0.5) is 5.69 Å². The molecule has 1 N–H and O–H groups in total. The van der Waals surface area contributed by atoms with E-state index < -0.39 is 7.12 Å². The first kappa shape index (κ1) is 15.4. The molecule has 1 saturated heterocycles. The Morgan fingerprint density at radius 1 is 1.25 bits per heavy atom. The largest absolute Gasteiger partial charge is 0.494 e. The molecule has 20 heavy (non-hydrogen) atoms. The van der Waals surface area contributed by atoms with Crippen molar-refractivity contribution in [2.75, 3.05) is 11.2 Å². The molecule has 0 radical (unpaired) electrons. The Labute approximate surface area is 124 Å². The zero-order valence-electron chi connectivity index (χ0n) is 12.2. The van der Waals surface area contributed by atoms with Crippen LogP contribution in [0.5, 0.6) is 0 Å². The van der Waals surface area contributed by atoms with Crippen LogP contribution in [0, 0.1) is 0 Å². The number of hydrogen-bond acceptors (Lipinski definition) is 3. The van der Waals surface area contributed by atoms with E-state index in [1.807, 2.05) is 45.9 Å². The van der Waals surface area contributed by atoms with Crippen molar-refractivity contribution in [3.8, 4) is 0 Å². The van der Waals surface area contributed by atoms with E-state index >= 15 is 0 Å². The molecule has 0 spiro atoms. The van der Waals surface area contributed by atoms with Crippen molar-refractivity contribution < 1.29 is 14.1 Å². The first-order valence-corrected chi connectivity index (χ1v) is 7.10. The molecular formula is C14H19BClNO3. The Morgan fingerprint density at radius 2 is 1.85 bits per heavy atom. The molecule has 0 unspecified atom stereocenters. The van der Waals surface area contributed by atoms with Gasteiger partial charge in [-0.1, -0.05) is 12.1 Å². The van der Waals surface area contributed by atoms with Gasteiger partial charge in [0.15, 0.2) is 0 Å². The monoisotopic (exact) mass is 295 g/mol. The predicted molar refractivity (Wildman–Crippen MR) is 81.5 cm³/mol. The van der Waals surface area contributed by atoms with Gasteiger partial charge in [-0.05, 0) is 45.3 Å². The van der Waals surface area contributed by atoms with Gasteiger partial charge in [0.2, 0.25) is 5.91 Å². The Kier molecular flexibility index (Phi) is 4.14. The lowest BCUT2D eigenvalue weighted by Gasteiger charge is -2.32. The molecule has 1 amide bonds. The van der Waals surface area contributed by atoms with Crippen molar-refractivity contribution in [3.05, 3.63) is 24.3 Å². The molecule has 1 aliphatic rings. The third-order valence-corrected chi connectivity index (χ3v) is 4.06. The molecule has 4 nitrogen and oxygen atoms in total. The Balaban J connectivity index is 2.19. The van der Waals surface area contributed by atoms with Crippen molar-refractivity contribution in [3.63, 3.8) is 0 Å². The smallest absolute Gasteiger partial charge is 0.399 e. The summed E-state index contributed by atoms with van der Waals surface area (Å²) in [6.07, 6.45) is 0. The summed E-state index contributed by atoms with van der Waals surface area (Å²) in [6, 6.07) is 7.41. The van der Waals surface area contributed by atoms with Crippen LogP contribution < -0.4 is 10.8 Å². The van der Waals surface area contributed by atoms with Gasteiger partial charge < -0.3 is 14.6 Å². The summed E-state index contributed by atoms with van der Waals surface area (Å²) in [5, 5.41) is 2.71. The summed E-state index contributed by atoms with van der Waals surface area (Å²) in [4.78, 5) is 11.3. The van der Waals surface area contributed by atoms with Crippen LogP contribution in [0.1, 0.15) is 27.7 Å². The molecule has 108 valence electrons. The van der Waals surface area contributed by atoms with Gasteiger partial charge in [-0.3, -0.25) is 4.79 Å². The van der Waals surface area contributed by atoms with Crippen molar-refractivity contribution in [1.82, 2.24) is 0 Å². The van der Waals surface area contributed by atoms with Gasteiger partial charge in [0.05, 0.1) is 11.2 Å². The molecule has 0 aliphatic carbocycles. The van der Waals surface area contributed by atoms with E-state index in [4.69, 9.17) is 20.9 Å². The number of carbonyl (C=O) groups excluding carboxylic acids is 1. The number of anilines is 1. The highest BCUT2D eigenvalue weighted by molar-refractivity contribution is 6.62. The minimum atomic E-state index is -0.437. The summed E-state index contributed by atoms with van der Waals surface area (Å²) in [5.74, 6) is -0.307. The van der Waals surface area contributed by atoms with E-state index in [1.165, 1.54) is 0 Å². The number of rotatable bonds is 3. The number of hydrogen-bond donors (Lipinski definition) is 1. The van der Waals surface area contributed by atoms with Gasteiger partial charge in [0.1, 0.15) is 5.88 Å². The maximum atomic E-state index is 11.3. The number of alkyl halides is 1. The van der Waals surface area contributed by atoms with Crippen LogP contribution >= 0.6 is 11.6 Å². The predicted octanol–water partition coefficient (Wildman–Crippen LogP) is 2.16. The average molecular weight is 296 g/mol. The normalized spacial score (nSPS) is 19.9. The molecular weight excluding hydrogens is 276 g/mol. The van der Waals surface area contributed by atoms with E-state index in [-0.39, 0.29) is 23.0 Å². The van der Waals surface area contributed by atoms with E-state index in [2.05, 4.69) is 5.32 Å². The molecule has 2 rings (SSSR count). The number of benzene rings is 1. The van der Waals surface area contributed by atoms with Crippen molar-refractivity contribution in [2.45, 2.75) is 38.9 Å². The first-order valence-electron chi connectivity index (χ1n) is 6.56. The van der Waals surface area contributed by atoms with Gasteiger partial charge in [-0.25, -0.2) is 0 Å². The fraction of sp³-hybridized carbons (Fsp3) is 0.500. The molecule has 6 heteroatoms. The van der Waals surface area contributed by atoms with Crippen LogP contribution in [0.2, 0.25) is 0 Å². The fourth-order valence-corrected chi connectivity index (χ4v) is 2.00. The maximum absolute atomic E-state index is 11.3. The minimum Gasteiger partial charge on any atom is -0.399 e. The van der Waals surface area contributed by atoms with E-state index in [1.54, 1.807) is 6.07 Å². The lowest BCUT2D eigenvalue weighted by atomic mass is 9.79. The molecule has 0 atom stereocenters. The molecule has 1 aromatic carbocycles. The Morgan fingerprint density at radius 3 is 2.40 bits per heavy atom. The van der Waals surface area contributed by atoms with Crippen LogP contribution in [-0.2, 0) is 14.1 Å². The summed E-state index contributed by atoms with van der Waals surface area (Å²) in [7, 11) is -0.437. The van der Waals surface area contributed by atoms with Gasteiger partial charge in [0, 0.05) is 5.69 Å². The zero-order chi connectivity index (χ0) is 15.0. The third kappa shape index (κ3) is 3.00. The van der Waals surface area contributed by atoms with Crippen molar-refractivity contribution in [1.29, 1.82) is 0 Å². The van der Waals surface area contributed by atoms with Gasteiger partial charge in [0.25, 0.3) is 0 Å². The van der Waals surface area contributed by atoms with Crippen LogP contribution in [-0.4, -0.2) is 30.1 Å². The summed E-state index contributed by atoms with van der Waals surface area (Å²) in [5.41, 5.74) is 0.791. The highest BCUT2D eigenvalue weighted by Crippen LogP contribution is 2.36. The number of nitrogens with one attached hydrogen (secondary N) is 1. The number of amides is 1. The molecule has 1 aliphatic heterocycles. The van der Waals surface area contributed by atoms with Crippen LogP contribution in [0.15, 0.2) is 24.3 Å². The minimum absolute atomic E-state index is 0.0687. The first-order chi connectivity index (χ1) is 9.25. The molecule has 0 saturated carbocycles. The second-order valence-electron chi connectivity index (χ2n) is 5.90. The SMILES string of the molecule is CC1(C)OB(c2cccc(NC(=O)CCl)c2)OC1(C)C. The molecule has 1 aromatic rings. The van der Waals surface area contributed by atoms with Gasteiger partial charge >= 0.3 is 7.12 Å². The Hall–Kier alpha value is -1.04. The number of carbonyl (C=O) groups is 1. The van der Waals surface area contributed by atoms with E-state index in [0.717, 1.165) is 5.46 Å².